The summed E-state index contributed by atoms with van der Waals surface area (Å²) in [6.45, 7) is 0.842. The predicted octanol–water partition coefficient (Wildman–Crippen LogP) is 2.75. The molecule has 1 aliphatic rings. The van der Waals surface area contributed by atoms with Crippen LogP contribution in [0.4, 0.5) is 17.6 Å². The Morgan fingerprint density at radius 3 is 2.77 bits per heavy atom. The van der Waals surface area contributed by atoms with Gasteiger partial charge in [-0.3, -0.25) is 0 Å². The van der Waals surface area contributed by atoms with Crippen LogP contribution in [-0.4, -0.2) is 47.3 Å². The third-order valence-corrected chi connectivity index (χ3v) is 3.67. The van der Waals surface area contributed by atoms with Crippen LogP contribution in [0.5, 0.6) is 0 Å². The van der Waals surface area contributed by atoms with Gasteiger partial charge in [-0.05, 0) is 25.2 Å². The molecule has 2 heterocycles. The second kappa shape index (κ2) is 5.51. The predicted molar refractivity (Wildman–Crippen MR) is 72.1 cm³/mol. The van der Waals surface area contributed by atoms with E-state index in [1.807, 2.05) is 4.90 Å². The van der Waals surface area contributed by atoms with Crippen molar-refractivity contribution in [1.29, 1.82) is 0 Å². The molecule has 3 rings (SSSR count). The van der Waals surface area contributed by atoms with E-state index >= 15 is 0 Å². The van der Waals surface area contributed by atoms with E-state index in [4.69, 9.17) is 4.74 Å². The molecule has 2 atom stereocenters. The van der Waals surface area contributed by atoms with Crippen molar-refractivity contribution in [1.82, 2.24) is 14.9 Å². The highest BCUT2D eigenvalue weighted by Crippen LogP contribution is 2.31. The number of nitrogens with one attached hydrogen (secondary N) is 1. The molecule has 1 aromatic heterocycles. The molecule has 1 aliphatic heterocycles. The number of imidazole rings is 1. The minimum absolute atomic E-state index is 0.0367. The first-order chi connectivity index (χ1) is 10.3. The summed E-state index contributed by atoms with van der Waals surface area (Å²) in [5.41, 5.74) is -0.0296. The maximum Gasteiger partial charge on any atom is 0.416 e. The molecule has 120 valence electrons. The second-order valence-corrected chi connectivity index (χ2v) is 5.50. The molecule has 0 bridgehead atoms. The first-order valence-electron chi connectivity index (χ1n) is 6.83. The van der Waals surface area contributed by atoms with E-state index in [1.54, 1.807) is 7.05 Å². The van der Waals surface area contributed by atoms with Crippen LogP contribution >= 0.6 is 0 Å². The van der Waals surface area contributed by atoms with Crippen molar-refractivity contribution < 1.29 is 22.3 Å². The molecule has 8 heteroatoms. The fraction of sp³-hybridized carbons (Fsp3) is 0.500. The number of ether oxygens (including phenoxy) is 1. The van der Waals surface area contributed by atoms with Crippen molar-refractivity contribution in [3.8, 4) is 0 Å². The Hall–Kier alpha value is -1.67. The average molecular weight is 317 g/mol. The lowest BCUT2D eigenvalue weighted by Crippen LogP contribution is -2.23. The summed E-state index contributed by atoms with van der Waals surface area (Å²) in [5.74, 6) is 0.385. The molecule has 0 amide bonds. The molecule has 1 aromatic carbocycles. The Balaban J connectivity index is 1.72. The van der Waals surface area contributed by atoms with Gasteiger partial charge in [0.2, 0.25) is 0 Å². The highest BCUT2D eigenvalue weighted by Gasteiger charge is 2.32. The number of halogens is 4. The third kappa shape index (κ3) is 3.07. The Kier molecular flexibility index (Phi) is 3.82. The maximum atomic E-state index is 13.6. The number of aromatic amines is 1. The molecule has 4 nitrogen and oxygen atoms in total. The number of rotatable bonds is 3. The molecule has 0 radical (unpaired) electrons. The van der Waals surface area contributed by atoms with Crippen LogP contribution in [0.25, 0.3) is 11.0 Å². The molecule has 1 saturated heterocycles. The van der Waals surface area contributed by atoms with Gasteiger partial charge < -0.3 is 14.6 Å². The summed E-state index contributed by atoms with van der Waals surface area (Å²) >= 11 is 0. The van der Waals surface area contributed by atoms with Gasteiger partial charge in [0.15, 0.2) is 0 Å². The van der Waals surface area contributed by atoms with Crippen molar-refractivity contribution in [2.45, 2.75) is 25.1 Å². The standard InChI is InChI=1S/C14H15F4N3O/c1-21-5-9(15)12(6-21)22-7-13-19-10-3-2-8(14(16,17)18)4-11(10)20-13/h2-4,9,12H,5-7H2,1H3,(H,19,20). The summed E-state index contributed by atoms with van der Waals surface area (Å²) in [5, 5.41) is 0. The summed E-state index contributed by atoms with van der Waals surface area (Å²) in [6, 6.07) is 3.30. The zero-order chi connectivity index (χ0) is 15.9. The molecule has 2 aromatic rings. The monoisotopic (exact) mass is 317 g/mol. The van der Waals surface area contributed by atoms with Gasteiger partial charge in [-0.2, -0.15) is 13.2 Å². The summed E-state index contributed by atoms with van der Waals surface area (Å²) in [6.07, 6.45) is -6.00. The lowest BCUT2D eigenvalue weighted by atomic mass is 10.2. The summed E-state index contributed by atoms with van der Waals surface area (Å²) < 4.78 is 57.0. The molecule has 0 aliphatic carbocycles. The van der Waals surface area contributed by atoms with Gasteiger partial charge in [0.25, 0.3) is 0 Å². The minimum Gasteiger partial charge on any atom is -0.366 e. The fourth-order valence-electron chi connectivity index (χ4n) is 2.56. The number of aromatic nitrogens is 2. The van der Waals surface area contributed by atoms with Gasteiger partial charge in [0.05, 0.1) is 16.6 Å². The fourth-order valence-corrected chi connectivity index (χ4v) is 2.56. The molecule has 0 saturated carbocycles. The number of likely N-dealkylation sites (N-methyl/N-ethyl adjacent to an activating group) is 1. The van der Waals surface area contributed by atoms with Gasteiger partial charge in [0.1, 0.15) is 24.7 Å². The molecule has 2 unspecified atom stereocenters. The largest absolute Gasteiger partial charge is 0.416 e. The SMILES string of the molecule is CN1CC(F)C(OCc2nc3ccc(C(F)(F)F)cc3[nH]2)C1. The maximum absolute atomic E-state index is 13.6. The number of hydrogen-bond acceptors (Lipinski definition) is 3. The third-order valence-electron chi connectivity index (χ3n) is 3.67. The van der Waals surface area contributed by atoms with Crippen molar-refractivity contribution in [3.05, 3.63) is 29.6 Å². The molecule has 1 fully saturated rings. The van der Waals surface area contributed by atoms with E-state index in [0.29, 0.717) is 24.4 Å². The summed E-state index contributed by atoms with van der Waals surface area (Å²) in [7, 11) is 1.80. The van der Waals surface area contributed by atoms with E-state index in [9.17, 15) is 17.6 Å². The topological polar surface area (TPSA) is 41.1 Å². The van der Waals surface area contributed by atoms with E-state index in [0.717, 1.165) is 12.1 Å². The molecule has 1 N–H and O–H groups in total. The first kappa shape index (κ1) is 15.2. The van der Waals surface area contributed by atoms with E-state index in [2.05, 4.69) is 9.97 Å². The van der Waals surface area contributed by atoms with E-state index in [-0.39, 0.29) is 12.1 Å². The van der Waals surface area contributed by atoms with Crippen LogP contribution in [0.3, 0.4) is 0 Å². The van der Waals surface area contributed by atoms with Crippen molar-refractivity contribution in [2.75, 3.05) is 20.1 Å². The Morgan fingerprint density at radius 1 is 1.36 bits per heavy atom. The Morgan fingerprint density at radius 2 is 2.14 bits per heavy atom. The number of alkyl halides is 4. The van der Waals surface area contributed by atoms with Gasteiger partial charge in [-0.1, -0.05) is 0 Å². The lowest BCUT2D eigenvalue weighted by Gasteiger charge is -2.12. The lowest BCUT2D eigenvalue weighted by molar-refractivity contribution is -0.137. The summed E-state index contributed by atoms with van der Waals surface area (Å²) in [4.78, 5) is 8.77. The second-order valence-electron chi connectivity index (χ2n) is 5.50. The van der Waals surface area contributed by atoms with Crippen LogP contribution in [0.1, 0.15) is 11.4 Å². The smallest absolute Gasteiger partial charge is 0.366 e. The van der Waals surface area contributed by atoms with E-state index < -0.39 is 24.0 Å². The van der Waals surface area contributed by atoms with Crippen LogP contribution in [0, 0.1) is 0 Å². The highest BCUT2D eigenvalue weighted by molar-refractivity contribution is 5.76. The average Bonchev–Trinajstić information content (AvgIpc) is 2.97. The number of benzene rings is 1. The normalized spacial score (nSPS) is 23.5. The molecule has 22 heavy (non-hydrogen) atoms. The minimum atomic E-state index is -4.40. The number of fused-ring (bicyclic) bond motifs is 1. The van der Waals surface area contributed by atoms with Crippen LogP contribution in [-0.2, 0) is 17.5 Å². The quantitative estimate of drug-likeness (QED) is 0.885. The number of H-pyrrole nitrogens is 1. The van der Waals surface area contributed by atoms with E-state index in [1.165, 1.54) is 6.07 Å². The van der Waals surface area contributed by atoms with Gasteiger partial charge in [-0.15, -0.1) is 0 Å². The van der Waals surface area contributed by atoms with Gasteiger partial charge in [-0.25, -0.2) is 9.37 Å². The number of likely N-dealkylation sites (tertiary alicyclic amines) is 1. The van der Waals surface area contributed by atoms with Gasteiger partial charge >= 0.3 is 6.18 Å². The van der Waals surface area contributed by atoms with Gasteiger partial charge in [0, 0.05) is 13.1 Å². The molecule has 0 spiro atoms. The zero-order valence-corrected chi connectivity index (χ0v) is 11.8. The van der Waals surface area contributed by atoms with Crippen LogP contribution < -0.4 is 0 Å². The van der Waals surface area contributed by atoms with Crippen molar-refractivity contribution >= 4 is 11.0 Å². The van der Waals surface area contributed by atoms with Crippen molar-refractivity contribution in [3.63, 3.8) is 0 Å². The molecular weight excluding hydrogens is 302 g/mol. The molecular formula is C14H15F4N3O. The highest BCUT2D eigenvalue weighted by atomic mass is 19.4. The first-order valence-corrected chi connectivity index (χ1v) is 6.83. The van der Waals surface area contributed by atoms with Crippen LogP contribution in [0.15, 0.2) is 18.2 Å². The van der Waals surface area contributed by atoms with Crippen LogP contribution in [0.2, 0.25) is 0 Å². The number of hydrogen-bond donors (Lipinski definition) is 1. The van der Waals surface area contributed by atoms with Crippen molar-refractivity contribution in [2.24, 2.45) is 0 Å². The number of nitrogens with zero attached hydrogens (tertiary/aromatic N) is 2. The Labute approximate surface area is 124 Å². The Bertz CT molecular complexity index is 670. The zero-order valence-electron chi connectivity index (χ0n) is 11.8.